The summed E-state index contributed by atoms with van der Waals surface area (Å²) in [5, 5.41) is 10.5. The molecule has 1 heterocycles. The molecule has 1 aromatic heterocycles. The molecule has 7 heteroatoms. The van der Waals surface area contributed by atoms with Crippen molar-refractivity contribution in [1.82, 2.24) is 4.31 Å². The predicted octanol–water partition coefficient (Wildman–Crippen LogP) is 2.11. The zero-order chi connectivity index (χ0) is 13.9. The first kappa shape index (κ1) is 15.1. The molecule has 18 heavy (non-hydrogen) atoms. The van der Waals surface area contributed by atoms with Gasteiger partial charge >= 0.3 is 5.97 Å². The second-order valence-electron chi connectivity index (χ2n) is 4.27. The van der Waals surface area contributed by atoms with E-state index in [-0.39, 0.29) is 15.7 Å². The molecule has 0 aliphatic heterocycles. The maximum atomic E-state index is 12.4. The van der Waals surface area contributed by atoms with Gasteiger partial charge < -0.3 is 5.11 Å². The third kappa shape index (κ3) is 3.09. The van der Waals surface area contributed by atoms with Crippen LogP contribution in [0.1, 0.15) is 30.4 Å². The van der Waals surface area contributed by atoms with Crippen molar-refractivity contribution in [2.75, 3.05) is 13.1 Å². The number of aromatic carboxylic acids is 1. The van der Waals surface area contributed by atoms with Crippen LogP contribution in [0.25, 0.3) is 0 Å². The van der Waals surface area contributed by atoms with E-state index in [0.717, 1.165) is 11.3 Å². The van der Waals surface area contributed by atoms with Gasteiger partial charge in [-0.2, -0.15) is 4.31 Å². The van der Waals surface area contributed by atoms with Crippen molar-refractivity contribution in [1.29, 1.82) is 0 Å². The van der Waals surface area contributed by atoms with Gasteiger partial charge in [0.05, 0.1) is 0 Å². The lowest BCUT2D eigenvalue weighted by molar-refractivity contribution is 0.0698. The second kappa shape index (κ2) is 5.81. The van der Waals surface area contributed by atoms with Gasteiger partial charge in [-0.1, -0.05) is 20.8 Å². The molecule has 1 aromatic rings. The summed E-state index contributed by atoms with van der Waals surface area (Å²) < 4.78 is 26.0. The number of nitrogens with zero attached hydrogens (tertiary/aromatic N) is 1. The van der Waals surface area contributed by atoms with E-state index in [4.69, 9.17) is 5.11 Å². The Morgan fingerprint density at radius 3 is 2.56 bits per heavy atom. The average Bonchev–Trinajstić information content (AvgIpc) is 2.74. The molecule has 0 aromatic carbocycles. The molecule has 0 saturated heterocycles. The number of carboxylic acids is 1. The van der Waals surface area contributed by atoms with Crippen LogP contribution >= 0.6 is 11.3 Å². The summed E-state index contributed by atoms with van der Waals surface area (Å²) in [6, 6.07) is 1.35. The summed E-state index contributed by atoms with van der Waals surface area (Å²) in [7, 11) is -3.72. The van der Waals surface area contributed by atoms with Crippen LogP contribution in [0.2, 0.25) is 0 Å². The van der Waals surface area contributed by atoms with Crippen LogP contribution < -0.4 is 0 Å². The fraction of sp³-hybridized carbons (Fsp3) is 0.545. The number of carbonyl (C=O) groups is 1. The van der Waals surface area contributed by atoms with E-state index in [1.54, 1.807) is 6.92 Å². The number of carboxylic acid groups (broad SMARTS) is 1. The highest BCUT2D eigenvalue weighted by Gasteiger charge is 2.29. The number of hydrogen-bond acceptors (Lipinski definition) is 4. The van der Waals surface area contributed by atoms with E-state index in [1.165, 1.54) is 15.8 Å². The Morgan fingerprint density at radius 2 is 2.11 bits per heavy atom. The van der Waals surface area contributed by atoms with Gasteiger partial charge in [-0.25, -0.2) is 13.2 Å². The molecule has 0 aliphatic rings. The lowest BCUT2D eigenvalue weighted by atomic mass is 10.2. The summed E-state index contributed by atoms with van der Waals surface area (Å²) >= 11 is 0.926. The van der Waals surface area contributed by atoms with Gasteiger partial charge in [-0.3, -0.25) is 0 Å². The largest absolute Gasteiger partial charge is 0.477 e. The van der Waals surface area contributed by atoms with Crippen LogP contribution in [0.15, 0.2) is 16.3 Å². The average molecular weight is 291 g/mol. The topological polar surface area (TPSA) is 74.7 Å². The van der Waals surface area contributed by atoms with Crippen molar-refractivity contribution in [2.24, 2.45) is 5.92 Å². The Labute approximate surface area is 111 Å². The van der Waals surface area contributed by atoms with Crippen molar-refractivity contribution in [2.45, 2.75) is 25.7 Å². The van der Waals surface area contributed by atoms with Crippen LogP contribution in [-0.2, 0) is 10.0 Å². The highest BCUT2D eigenvalue weighted by molar-refractivity contribution is 7.89. The van der Waals surface area contributed by atoms with Crippen molar-refractivity contribution in [3.63, 3.8) is 0 Å². The summed E-state index contributed by atoms with van der Waals surface area (Å²) in [6.45, 7) is 6.30. The zero-order valence-electron chi connectivity index (χ0n) is 10.6. The van der Waals surface area contributed by atoms with E-state index in [2.05, 4.69) is 0 Å². The van der Waals surface area contributed by atoms with Gasteiger partial charge in [0.1, 0.15) is 9.77 Å². The molecule has 1 N–H and O–H groups in total. The smallest absolute Gasteiger partial charge is 0.347 e. The fourth-order valence-corrected chi connectivity index (χ4v) is 4.45. The highest BCUT2D eigenvalue weighted by atomic mass is 32.2. The van der Waals surface area contributed by atoms with Crippen LogP contribution in [0.3, 0.4) is 0 Å². The number of sulfonamides is 1. The maximum Gasteiger partial charge on any atom is 0.347 e. The Kier molecular flexibility index (Phi) is 4.89. The SMILES string of the molecule is CCN(CC(C)C)S(=O)(=O)c1ccsc1C(=O)O. The summed E-state index contributed by atoms with van der Waals surface area (Å²) in [6.07, 6.45) is 0. The first-order valence-corrected chi connectivity index (χ1v) is 7.93. The normalized spacial score (nSPS) is 12.3. The van der Waals surface area contributed by atoms with Crippen LogP contribution in [-0.4, -0.2) is 36.9 Å². The molecule has 0 spiro atoms. The van der Waals surface area contributed by atoms with Crippen LogP contribution in [0.5, 0.6) is 0 Å². The Morgan fingerprint density at radius 1 is 1.50 bits per heavy atom. The summed E-state index contributed by atoms with van der Waals surface area (Å²) in [4.78, 5) is 10.8. The van der Waals surface area contributed by atoms with Gasteiger partial charge in [-0.15, -0.1) is 11.3 Å². The number of rotatable bonds is 6. The predicted molar refractivity (Wildman–Crippen MR) is 70.5 cm³/mol. The maximum absolute atomic E-state index is 12.4. The van der Waals surface area contributed by atoms with E-state index in [9.17, 15) is 13.2 Å². The van der Waals surface area contributed by atoms with Crippen molar-refractivity contribution >= 4 is 27.3 Å². The standard InChI is InChI=1S/C11H17NO4S2/c1-4-12(7-8(2)3)18(15,16)9-5-6-17-10(9)11(13)14/h5-6,8H,4,7H2,1-3H3,(H,13,14). The van der Waals surface area contributed by atoms with Gasteiger partial charge in [0.25, 0.3) is 0 Å². The van der Waals surface area contributed by atoms with E-state index < -0.39 is 16.0 Å². The molecule has 0 bridgehead atoms. The quantitative estimate of drug-likeness (QED) is 0.871. The zero-order valence-corrected chi connectivity index (χ0v) is 12.2. The Hall–Kier alpha value is -0.920. The number of thiophene rings is 1. The molecule has 0 fully saturated rings. The van der Waals surface area contributed by atoms with Crippen LogP contribution in [0, 0.1) is 5.92 Å². The van der Waals surface area contributed by atoms with Crippen molar-refractivity contribution in [3.8, 4) is 0 Å². The molecule has 0 amide bonds. The summed E-state index contributed by atoms with van der Waals surface area (Å²) in [5.74, 6) is -1.02. The van der Waals surface area contributed by atoms with E-state index in [1.807, 2.05) is 13.8 Å². The fourth-order valence-electron chi connectivity index (χ4n) is 1.60. The lowest BCUT2D eigenvalue weighted by Crippen LogP contribution is -2.34. The van der Waals surface area contributed by atoms with E-state index >= 15 is 0 Å². The summed E-state index contributed by atoms with van der Waals surface area (Å²) in [5.41, 5.74) is 0. The number of hydrogen-bond donors (Lipinski definition) is 1. The first-order chi connectivity index (χ1) is 8.30. The Bertz CT molecular complexity index is 519. The Balaban J connectivity index is 3.19. The molecule has 0 atom stereocenters. The molecule has 0 saturated carbocycles. The minimum absolute atomic E-state index is 0.109. The minimum atomic E-state index is -3.72. The molecule has 1 rings (SSSR count). The van der Waals surface area contributed by atoms with Gasteiger partial charge in [0.2, 0.25) is 10.0 Å². The molecule has 5 nitrogen and oxygen atoms in total. The highest BCUT2D eigenvalue weighted by Crippen LogP contribution is 2.25. The van der Waals surface area contributed by atoms with Gasteiger partial charge in [0.15, 0.2) is 0 Å². The second-order valence-corrected chi connectivity index (χ2v) is 7.09. The molecular weight excluding hydrogens is 274 g/mol. The lowest BCUT2D eigenvalue weighted by Gasteiger charge is -2.22. The van der Waals surface area contributed by atoms with Crippen LogP contribution in [0.4, 0.5) is 0 Å². The molecule has 0 radical (unpaired) electrons. The minimum Gasteiger partial charge on any atom is -0.477 e. The third-order valence-electron chi connectivity index (χ3n) is 2.36. The third-order valence-corrected chi connectivity index (χ3v) is 5.38. The molecule has 102 valence electrons. The van der Waals surface area contributed by atoms with Crippen molar-refractivity contribution in [3.05, 3.63) is 16.3 Å². The molecule has 0 unspecified atom stereocenters. The monoisotopic (exact) mass is 291 g/mol. The molecule has 0 aliphatic carbocycles. The van der Waals surface area contributed by atoms with Gasteiger partial charge in [0, 0.05) is 13.1 Å². The van der Waals surface area contributed by atoms with Gasteiger partial charge in [-0.05, 0) is 17.4 Å². The van der Waals surface area contributed by atoms with Crippen molar-refractivity contribution < 1.29 is 18.3 Å². The first-order valence-electron chi connectivity index (χ1n) is 5.61. The van der Waals surface area contributed by atoms with E-state index in [0.29, 0.717) is 13.1 Å². The molecular formula is C11H17NO4S2.